The van der Waals surface area contributed by atoms with Crippen LogP contribution in [0.2, 0.25) is 10.0 Å². The Labute approximate surface area is 170 Å². The standard InChI is InChI=1S/C20H25Cl2N3O2/c21-16-6-8-19(18(22)11-16)27-10-2-4-20(26)25-9-1-3-15(13-25)5-7-17-12-23-14-24-17/h6,8,11-12,14-15H,1-5,7,9-10,13H2,(H,23,24). The lowest BCUT2D eigenvalue weighted by Gasteiger charge is -2.33. The van der Waals surface area contributed by atoms with Crippen molar-refractivity contribution in [2.75, 3.05) is 19.7 Å². The summed E-state index contributed by atoms with van der Waals surface area (Å²) in [6.07, 6.45) is 9.11. The average molecular weight is 410 g/mol. The van der Waals surface area contributed by atoms with Crippen molar-refractivity contribution < 1.29 is 9.53 Å². The van der Waals surface area contributed by atoms with Crippen molar-refractivity contribution in [1.29, 1.82) is 0 Å². The first-order chi connectivity index (χ1) is 13.1. The van der Waals surface area contributed by atoms with Gasteiger partial charge in [0.05, 0.1) is 18.0 Å². The molecule has 1 amide bonds. The van der Waals surface area contributed by atoms with E-state index in [9.17, 15) is 4.79 Å². The summed E-state index contributed by atoms with van der Waals surface area (Å²) in [6, 6.07) is 5.15. The molecule has 1 aromatic heterocycles. The molecule has 0 bridgehead atoms. The third kappa shape index (κ3) is 6.15. The number of imidazole rings is 1. The molecule has 1 unspecified atom stereocenters. The van der Waals surface area contributed by atoms with Crippen molar-refractivity contribution in [2.45, 2.75) is 38.5 Å². The molecule has 1 aliphatic heterocycles. The van der Waals surface area contributed by atoms with Crippen molar-refractivity contribution in [3.05, 3.63) is 46.5 Å². The Bertz CT molecular complexity index is 737. The highest BCUT2D eigenvalue weighted by Gasteiger charge is 2.23. The molecule has 5 nitrogen and oxygen atoms in total. The number of amides is 1. The minimum atomic E-state index is 0.215. The second-order valence-corrected chi connectivity index (χ2v) is 7.83. The SMILES string of the molecule is O=C(CCCOc1ccc(Cl)cc1Cl)N1CCCC(CCc2cnc[nH]2)C1. The van der Waals surface area contributed by atoms with Gasteiger partial charge in [0.25, 0.3) is 0 Å². The molecule has 27 heavy (non-hydrogen) atoms. The van der Waals surface area contributed by atoms with Gasteiger partial charge < -0.3 is 14.6 Å². The Morgan fingerprint density at radius 2 is 2.26 bits per heavy atom. The predicted octanol–water partition coefficient (Wildman–Crippen LogP) is 4.75. The Kier molecular flexibility index (Phi) is 7.41. The second-order valence-electron chi connectivity index (χ2n) is 6.99. The lowest BCUT2D eigenvalue weighted by Crippen LogP contribution is -2.40. The molecule has 0 saturated carbocycles. The van der Waals surface area contributed by atoms with Crippen LogP contribution in [0.4, 0.5) is 0 Å². The van der Waals surface area contributed by atoms with Crippen LogP contribution in [-0.2, 0) is 11.2 Å². The topological polar surface area (TPSA) is 58.2 Å². The van der Waals surface area contributed by atoms with Crippen LogP contribution in [0.3, 0.4) is 0 Å². The molecule has 1 N–H and O–H groups in total. The van der Waals surface area contributed by atoms with E-state index < -0.39 is 0 Å². The van der Waals surface area contributed by atoms with E-state index in [-0.39, 0.29) is 5.91 Å². The van der Waals surface area contributed by atoms with Crippen LogP contribution in [-0.4, -0.2) is 40.5 Å². The Morgan fingerprint density at radius 3 is 3.04 bits per heavy atom. The third-order valence-corrected chi connectivity index (χ3v) is 5.47. The van der Waals surface area contributed by atoms with Crippen LogP contribution in [0.1, 0.15) is 37.8 Å². The summed E-state index contributed by atoms with van der Waals surface area (Å²) in [7, 11) is 0. The van der Waals surface area contributed by atoms with E-state index in [0.29, 0.717) is 41.2 Å². The molecular weight excluding hydrogens is 385 g/mol. The molecule has 0 spiro atoms. The number of ether oxygens (including phenoxy) is 1. The zero-order valence-electron chi connectivity index (χ0n) is 15.3. The number of carbonyl (C=O) groups excluding carboxylic acids is 1. The number of nitrogens with one attached hydrogen (secondary N) is 1. The van der Waals surface area contributed by atoms with E-state index in [4.69, 9.17) is 27.9 Å². The van der Waals surface area contributed by atoms with Gasteiger partial charge in [-0.05, 0) is 56.2 Å². The van der Waals surface area contributed by atoms with Crippen molar-refractivity contribution in [2.24, 2.45) is 5.92 Å². The van der Waals surface area contributed by atoms with E-state index in [1.165, 1.54) is 6.42 Å². The van der Waals surface area contributed by atoms with Gasteiger partial charge in [0.2, 0.25) is 5.91 Å². The highest BCUT2D eigenvalue weighted by molar-refractivity contribution is 6.35. The van der Waals surface area contributed by atoms with E-state index in [0.717, 1.165) is 38.0 Å². The van der Waals surface area contributed by atoms with Crippen LogP contribution in [0.15, 0.2) is 30.7 Å². The number of hydrogen-bond acceptors (Lipinski definition) is 3. The number of likely N-dealkylation sites (tertiary alicyclic amines) is 1. The van der Waals surface area contributed by atoms with Gasteiger partial charge in [-0.2, -0.15) is 0 Å². The summed E-state index contributed by atoms with van der Waals surface area (Å²) < 4.78 is 5.66. The van der Waals surface area contributed by atoms with Crippen LogP contribution >= 0.6 is 23.2 Å². The lowest BCUT2D eigenvalue weighted by molar-refractivity contribution is -0.133. The van der Waals surface area contributed by atoms with Gasteiger partial charge in [-0.25, -0.2) is 4.98 Å². The Hall–Kier alpha value is -1.72. The molecule has 0 radical (unpaired) electrons. The molecule has 1 aromatic carbocycles. The van der Waals surface area contributed by atoms with Gasteiger partial charge in [0, 0.05) is 36.4 Å². The molecular formula is C20H25Cl2N3O2. The number of aromatic amines is 1. The summed E-state index contributed by atoms with van der Waals surface area (Å²) >= 11 is 12.0. The van der Waals surface area contributed by atoms with Gasteiger partial charge in [0.15, 0.2) is 0 Å². The molecule has 1 aliphatic rings. The van der Waals surface area contributed by atoms with Crippen molar-refractivity contribution in [1.82, 2.24) is 14.9 Å². The predicted molar refractivity (Wildman–Crippen MR) is 107 cm³/mol. The quantitative estimate of drug-likeness (QED) is 0.640. The second kappa shape index (κ2) is 10.00. The first-order valence-electron chi connectivity index (χ1n) is 9.44. The molecule has 1 saturated heterocycles. The number of rotatable bonds is 8. The fraction of sp³-hybridized carbons (Fsp3) is 0.500. The molecule has 1 atom stereocenters. The summed E-state index contributed by atoms with van der Waals surface area (Å²) in [4.78, 5) is 21.7. The number of benzene rings is 1. The largest absolute Gasteiger partial charge is 0.492 e. The lowest BCUT2D eigenvalue weighted by atomic mass is 9.92. The first-order valence-corrected chi connectivity index (χ1v) is 10.2. The van der Waals surface area contributed by atoms with Gasteiger partial charge >= 0.3 is 0 Å². The fourth-order valence-corrected chi connectivity index (χ4v) is 3.93. The maximum atomic E-state index is 12.5. The summed E-state index contributed by atoms with van der Waals surface area (Å²) in [6.45, 7) is 2.18. The summed E-state index contributed by atoms with van der Waals surface area (Å²) in [5.74, 6) is 1.38. The third-order valence-electron chi connectivity index (χ3n) is 4.93. The minimum absolute atomic E-state index is 0.215. The van der Waals surface area contributed by atoms with Gasteiger partial charge in [-0.15, -0.1) is 0 Å². The zero-order valence-corrected chi connectivity index (χ0v) is 16.8. The van der Waals surface area contributed by atoms with Gasteiger partial charge in [0.1, 0.15) is 5.75 Å². The number of carbonyl (C=O) groups is 1. The number of halogens is 2. The maximum Gasteiger partial charge on any atom is 0.222 e. The number of piperidine rings is 1. The molecule has 3 rings (SSSR count). The summed E-state index contributed by atoms with van der Waals surface area (Å²) in [5, 5.41) is 1.07. The molecule has 2 heterocycles. The summed E-state index contributed by atoms with van der Waals surface area (Å²) in [5.41, 5.74) is 1.16. The number of aromatic nitrogens is 2. The number of H-pyrrole nitrogens is 1. The van der Waals surface area contributed by atoms with E-state index in [1.807, 2.05) is 11.1 Å². The molecule has 1 fully saturated rings. The van der Waals surface area contributed by atoms with Gasteiger partial charge in [-0.1, -0.05) is 23.2 Å². The van der Waals surface area contributed by atoms with E-state index in [2.05, 4.69) is 9.97 Å². The molecule has 0 aliphatic carbocycles. The fourth-order valence-electron chi connectivity index (χ4n) is 3.46. The zero-order chi connectivity index (χ0) is 19.1. The minimum Gasteiger partial charge on any atom is -0.492 e. The first kappa shape index (κ1) is 20.0. The van der Waals surface area contributed by atoms with Crippen LogP contribution in [0.5, 0.6) is 5.75 Å². The number of nitrogens with zero attached hydrogens (tertiary/aromatic N) is 2. The monoisotopic (exact) mass is 409 g/mol. The van der Waals surface area contributed by atoms with E-state index >= 15 is 0 Å². The molecule has 146 valence electrons. The Balaban J connectivity index is 1.37. The van der Waals surface area contributed by atoms with Crippen molar-refractivity contribution in [3.63, 3.8) is 0 Å². The van der Waals surface area contributed by atoms with Gasteiger partial charge in [-0.3, -0.25) is 4.79 Å². The molecule has 2 aromatic rings. The van der Waals surface area contributed by atoms with Crippen LogP contribution in [0, 0.1) is 5.92 Å². The molecule has 7 heteroatoms. The maximum absolute atomic E-state index is 12.5. The highest BCUT2D eigenvalue weighted by Crippen LogP contribution is 2.27. The number of aryl methyl sites for hydroxylation is 1. The van der Waals surface area contributed by atoms with E-state index in [1.54, 1.807) is 24.5 Å². The Morgan fingerprint density at radius 1 is 1.37 bits per heavy atom. The van der Waals surface area contributed by atoms with Crippen LogP contribution in [0.25, 0.3) is 0 Å². The van der Waals surface area contributed by atoms with Crippen molar-refractivity contribution >= 4 is 29.1 Å². The smallest absolute Gasteiger partial charge is 0.222 e. The average Bonchev–Trinajstić information content (AvgIpc) is 3.18. The normalized spacial score (nSPS) is 17.1. The van der Waals surface area contributed by atoms with Crippen LogP contribution < -0.4 is 4.74 Å². The number of hydrogen-bond donors (Lipinski definition) is 1. The highest BCUT2D eigenvalue weighted by atomic mass is 35.5. The van der Waals surface area contributed by atoms with Crippen molar-refractivity contribution in [3.8, 4) is 5.75 Å².